The molecule has 8 heteroatoms. The van der Waals surface area contributed by atoms with Crippen molar-refractivity contribution in [2.75, 3.05) is 0 Å². The topological polar surface area (TPSA) is 62.7 Å². The Labute approximate surface area is 332 Å². The van der Waals surface area contributed by atoms with Crippen LogP contribution in [0.4, 0.5) is 0 Å². The third-order valence-electron chi connectivity index (χ3n) is 10.1. The monoisotopic (exact) mass is 889 g/mol. The van der Waals surface area contributed by atoms with Gasteiger partial charge in [-0.25, -0.2) is 4.98 Å². The first-order valence-electron chi connectivity index (χ1n) is 18.9. The minimum absolute atomic E-state index is 0. The van der Waals surface area contributed by atoms with Gasteiger partial charge in [-0.15, -0.1) is 34.7 Å². The Balaban J connectivity index is 0.00000441. The van der Waals surface area contributed by atoms with Gasteiger partial charge in [-0.05, 0) is 53.0 Å². The van der Waals surface area contributed by atoms with Crippen LogP contribution in [-0.2, 0) is 21.1 Å². The van der Waals surface area contributed by atoms with E-state index >= 15 is 0 Å². The molecule has 5 aromatic carbocycles. The zero-order chi connectivity index (χ0) is 38.4. The Morgan fingerprint density at radius 1 is 0.667 bits per heavy atom. The van der Waals surface area contributed by atoms with Gasteiger partial charge in [0.25, 0.3) is 0 Å². The first kappa shape index (κ1) is 33.1. The molecule has 7 nitrogen and oxygen atoms in total. The maximum absolute atomic E-state index is 9.20. The fraction of sp³-hybridized carbons (Fsp3) is 0.196. The zero-order valence-corrected chi connectivity index (χ0v) is 33.5. The fourth-order valence-electron chi connectivity index (χ4n) is 7.70. The van der Waals surface area contributed by atoms with E-state index in [1.807, 2.05) is 90.2 Å². The number of ether oxygens (including phenoxy) is 1. The number of para-hydroxylation sites is 2. The van der Waals surface area contributed by atoms with Gasteiger partial charge in [0.1, 0.15) is 5.82 Å². The van der Waals surface area contributed by atoms with Gasteiger partial charge in [0.2, 0.25) is 0 Å². The van der Waals surface area contributed by atoms with Crippen LogP contribution in [0.5, 0.6) is 11.5 Å². The number of benzene rings is 5. The second kappa shape index (κ2) is 13.7. The van der Waals surface area contributed by atoms with E-state index in [0.29, 0.717) is 17.3 Å². The van der Waals surface area contributed by atoms with Gasteiger partial charge in [-0.3, -0.25) is 0 Å². The number of aromatic nitrogens is 6. The molecule has 0 saturated carbocycles. The average Bonchev–Trinajstić information content (AvgIpc) is 3.87. The number of nitrogens with zero attached hydrogens (tertiary/aromatic N) is 6. The molecule has 0 unspecified atom stereocenters. The Bertz CT molecular complexity index is 2900. The van der Waals surface area contributed by atoms with Crippen LogP contribution < -0.4 is 4.74 Å². The van der Waals surface area contributed by atoms with Gasteiger partial charge in [0.05, 0.1) is 29.1 Å². The quantitative estimate of drug-likeness (QED) is 0.150. The van der Waals surface area contributed by atoms with Crippen molar-refractivity contribution in [3.8, 4) is 28.7 Å². The summed E-state index contributed by atoms with van der Waals surface area (Å²) in [6.45, 7) is 13.8. The van der Waals surface area contributed by atoms with Crippen LogP contribution in [0.1, 0.15) is 70.0 Å². The molecule has 0 aliphatic rings. The van der Waals surface area contributed by atoms with Crippen LogP contribution in [0.2, 0.25) is 0 Å². The number of hydrogen-bond acceptors (Lipinski definition) is 4. The molecule has 0 N–H and O–H groups in total. The largest absolute Gasteiger partial charge is 2.00 e. The van der Waals surface area contributed by atoms with Crippen LogP contribution in [0.15, 0.2) is 104 Å². The number of aryl methyl sites for hydroxylation is 3. The normalized spacial score (nSPS) is 12.7. The third-order valence-corrected chi connectivity index (χ3v) is 10.1. The Hall–Kier alpha value is -5.52. The molecule has 54 heavy (non-hydrogen) atoms. The minimum Gasteiger partial charge on any atom is -0.509 e. The van der Waals surface area contributed by atoms with Gasteiger partial charge in [-0.1, -0.05) is 101 Å². The number of rotatable bonds is 7. The molecule has 9 rings (SSSR count). The summed E-state index contributed by atoms with van der Waals surface area (Å²) < 4.78 is 29.3. The summed E-state index contributed by atoms with van der Waals surface area (Å²) in [6.07, 6.45) is 5.13. The molecule has 0 saturated heterocycles. The van der Waals surface area contributed by atoms with Crippen molar-refractivity contribution in [1.29, 1.82) is 0 Å². The number of hydrogen-bond donors (Lipinski definition) is 0. The molecule has 0 atom stereocenters. The molecule has 0 aliphatic carbocycles. The second-order valence-corrected chi connectivity index (χ2v) is 14.3. The van der Waals surface area contributed by atoms with Crippen LogP contribution >= 0.6 is 0 Å². The molecule has 0 amide bonds. The van der Waals surface area contributed by atoms with Crippen LogP contribution in [-0.4, -0.2) is 29.1 Å². The van der Waals surface area contributed by atoms with Crippen molar-refractivity contribution in [1.82, 2.24) is 29.1 Å². The number of pyridine rings is 1. The Morgan fingerprint density at radius 2 is 1.35 bits per heavy atom. The molecule has 0 aliphatic heterocycles. The van der Waals surface area contributed by atoms with E-state index < -0.39 is 11.8 Å². The predicted molar refractivity (Wildman–Crippen MR) is 214 cm³/mol. The second-order valence-electron chi connectivity index (χ2n) is 14.3. The summed E-state index contributed by atoms with van der Waals surface area (Å²) in [5.74, 6) is 0.0626. The minimum atomic E-state index is -0.878. The molecule has 270 valence electrons. The van der Waals surface area contributed by atoms with E-state index in [1.165, 1.54) is 0 Å². The van der Waals surface area contributed by atoms with Crippen molar-refractivity contribution in [2.24, 2.45) is 0 Å². The van der Waals surface area contributed by atoms with Crippen molar-refractivity contribution >= 4 is 43.6 Å². The van der Waals surface area contributed by atoms with Crippen LogP contribution in [0.25, 0.3) is 60.8 Å². The molecule has 9 aromatic rings. The predicted octanol–water partition coefficient (Wildman–Crippen LogP) is 11.4. The van der Waals surface area contributed by atoms with Gasteiger partial charge in [0.15, 0.2) is 0 Å². The van der Waals surface area contributed by atoms with Gasteiger partial charge in [0, 0.05) is 42.8 Å². The number of fused-ring (bicyclic) bond motifs is 6. The Kier molecular flexibility index (Phi) is 8.40. The molecule has 0 fully saturated rings. The van der Waals surface area contributed by atoms with Crippen molar-refractivity contribution < 1.29 is 28.5 Å². The summed E-state index contributed by atoms with van der Waals surface area (Å²) in [4.78, 5) is 6.53. The maximum Gasteiger partial charge on any atom is 2.00 e. The Morgan fingerprint density at radius 3 is 2.02 bits per heavy atom. The summed E-state index contributed by atoms with van der Waals surface area (Å²) in [5.41, 5.74) is 10.2. The molecule has 0 spiro atoms. The van der Waals surface area contributed by atoms with Crippen LogP contribution in [0, 0.1) is 32.9 Å². The molecule has 0 radical (unpaired) electrons. The summed E-state index contributed by atoms with van der Waals surface area (Å²) in [6, 6.07) is 36.1. The first-order valence-corrected chi connectivity index (χ1v) is 17.9. The van der Waals surface area contributed by atoms with Crippen molar-refractivity contribution in [3.63, 3.8) is 0 Å². The summed E-state index contributed by atoms with van der Waals surface area (Å²) in [7, 11) is 0. The standard InChI is InChI=1S/C46H40N6O.Pt/c1-27(2)34-10-8-12-37-38-13-9-11-35(28(3)4)46(38)50(45(34)37)32-18-19-47-44(24-32)51-40-17-14-29(5)22-39(40)36-16-15-33(25-42(36)51)53-43-26-41(30(6)23-31(43)7)52-48-20-21-49-52;/h8-24,27-28H,1-7H3;/q-2;+2/i27D,28D;. The smallest absolute Gasteiger partial charge is 0.509 e. The molecular formula is C46H40N6OPt. The van der Waals surface area contributed by atoms with E-state index in [2.05, 4.69) is 80.9 Å². The van der Waals surface area contributed by atoms with E-state index in [-0.39, 0.29) is 21.1 Å². The fourth-order valence-corrected chi connectivity index (χ4v) is 7.70. The molecule has 4 aromatic heterocycles. The summed E-state index contributed by atoms with van der Waals surface area (Å²) >= 11 is 0. The zero-order valence-electron chi connectivity index (χ0n) is 33.2. The van der Waals surface area contributed by atoms with Gasteiger partial charge >= 0.3 is 21.1 Å². The van der Waals surface area contributed by atoms with E-state index in [1.54, 1.807) is 17.2 Å². The SMILES string of the molecule is [2H]C(C)(C)c1cccc2c3cccc(C([2H])(C)C)c3n(-c3ccnc(-n4c5[c-]c(Oc6[c-]c(-n7nccn7)c(C)cc6C)ccc5c5cc(C)ccc54)c3)c12.[Pt+2]. The molecule has 0 bridgehead atoms. The maximum atomic E-state index is 9.20. The third kappa shape index (κ3) is 5.73. The average molecular weight is 890 g/mol. The molecular weight excluding hydrogens is 848 g/mol. The molecule has 4 heterocycles. The van der Waals surface area contributed by atoms with Gasteiger partial charge in [-0.2, -0.15) is 27.1 Å². The van der Waals surface area contributed by atoms with E-state index in [0.717, 1.165) is 82.8 Å². The first-order chi connectivity index (χ1) is 26.3. The van der Waals surface area contributed by atoms with Gasteiger partial charge < -0.3 is 13.9 Å². The van der Waals surface area contributed by atoms with E-state index in [9.17, 15) is 2.74 Å². The van der Waals surface area contributed by atoms with Crippen LogP contribution in [0.3, 0.4) is 0 Å². The summed E-state index contributed by atoms with van der Waals surface area (Å²) in [5, 5.41) is 12.8. The van der Waals surface area contributed by atoms with Crippen molar-refractivity contribution in [2.45, 2.75) is 60.3 Å². The van der Waals surface area contributed by atoms with Crippen molar-refractivity contribution in [3.05, 3.63) is 143 Å². The van der Waals surface area contributed by atoms with E-state index in [4.69, 9.17) is 9.72 Å².